The van der Waals surface area contributed by atoms with E-state index in [1.807, 2.05) is 0 Å². The minimum Gasteiger partial charge on any atom is -0.493 e. The summed E-state index contributed by atoms with van der Waals surface area (Å²) in [5.41, 5.74) is 0.0762. The van der Waals surface area contributed by atoms with Crippen LogP contribution in [0.5, 0.6) is 11.5 Å². The Morgan fingerprint density at radius 3 is 2.27 bits per heavy atom. The smallest absolute Gasteiger partial charge is 0.331 e. The fraction of sp³-hybridized carbons (Fsp3) is 0.683. The molecule has 0 radical (unpaired) electrons. The minimum atomic E-state index is -1.33. The number of carboxylic acids is 1. The first-order chi connectivity index (χ1) is 22.5. The van der Waals surface area contributed by atoms with E-state index in [-0.39, 0.29) is 33.9 Å². The van der Waals surface area contributed by atoms with Gasteiger partial charge in [0.25, 0.3) is 0 Å². The average molecular weight is 661 g/mol. The molecule has 4 saturated carbocycles. The second-order valence-corrected chi connectivity index (χ2v) is 17.3. The molecule has 0 amide bonds. The van der Waals surface area contributed by atoms with Crippen LogP contribution in [0.3, 0.4) is 0 Å². The Hall–Kier alpha value is -3.09. The Morgan fingerprint density at radius 1 is 0.896 bits per heavy atom. The standard InChI is InChI=1S/C41H56O7/c1-24-14-17-37(3)20-21-39(5)27(34(37)25(24)2)23-28(42)35-38(4)18-16-32(41(7,36(44)45)31(38)15-19-40(35,39)6)48-33(43)13-11-26-10-12-29(46-8)30(22-26)47-9/h10-13,22-25,31-32,34-35H,14-21H2,1-9H3,(H,44,45)/t24-,25+,31?,32-,34?,35?,37-,38+,39-,40-,41-/m1/s1. The number of carboxylic acid groups (broad SMARTS) is 1. The highest BCUT2D eigenvalue weighted by molar-refractivity contribution is 5.96. The predicted molar refractivity (Wildman–Crippen MR) is 185 cm³/mol. The Bertz CT molecular complexity index is 1560. The Kier molecular flexibility index (Phi) is 8.52. The number of fused-ring (bicyclic) bond motifs is 7. The van der Waals surface area contributed by atoms with E-state index in [4.69, 9.17) is 14.2 Å². The number of hydrogen-bond donors (Lipinski definition) is 1. The molecule has 7 nitrogen and oxygen atoms in total. The number of ketones is 1. The van der Waals surface area contributed by atoms with Crippen LogP contribution in [0.15, 0.2) is 35.9 Å². The molecule has 4 fully saturated rings. The SMILES string of the molecule is COc1ccc(C=CC(=O)O[C@@H]2CC[C@@]3(C)C(CC[C@]4(C)C3C(=O)C=C3C5[C@@H](C)[C@H](C)CC[C@]5(C)CC[C@]34C)[C@@]2(C)C(=O)O)cc1OC. The zero-order valence-electron chi connectivity index (χ0n) is 30.5. The van der Waals surface area contributed by atoms with Gasteiger partial charge in [0, 0.05) is 12.0 Å². The maximum atomic E-state index is 14.7. The van der Waals surface area contributed by atoms with Gasteiger partial charge in [-0.25, -0.2) is 4.79 Å². The molecule has 0 aliphatic heterocycles. The van der Waals surface area contributed by atoms with Crippen molar-refractivity contribution in [3.63, 3.8) is 0 Å². The maximum absolute atomic E-state index is 14.7. The van der Waals surface area contributed by atoms with E-state index in [9.17, 15) is 19.5 Å². The third kappa shape index (κ3) is 4.83. The number of esters is 1. The molecule has 0 aromatic heterocycles. The van der Waals surface area contributed by atoms with Crippen LogP contribution in [0.1, 0.15) is 105 Å². The van der Waals surface area contributed by atoms with Gasteiger partial charge in [-0.1, -0.05) is 53.2 Å². The van der Waals surface area contributed by atoms with Gasteiger partial charge in [0.2, 0.25) is 0 Å². The van der Waals surface area contributed by atoms with Crippen molar-refractivity contribution in [3.8, 4) is 11.5 Å². The van der Waals surface area contributed by atoms with Gasteiger partial charge in [-0.2, -0.15) is 0 Å². The van der Waals surface area contributed by atoms with Crippen molar-refractivity contribution in [2.75, 3.05) is 14.2 Å². The van der Waals surface area contributed by atoms with E-state index in [1.165, 1.54) is 30.9 Å². The summed E-state index contributed by atoms with van der Waals surface area (Å²) in [7, 11) is 3.11. The number of benzene rings is 1. The van der Waals surface area contributed by atoms with Gasteiger partial charge < -0.3 is 19.3 Å². The lowest BCUT2D eigenvalue weighted by Gasteiger charge is -2.70. The van der Waals surface area contributed by atoms with Gasteiger partial charge in [-0.05, 0) is 133 Å². The van der Waals surface area contributed by atoms with E-state index in [2.05, 4.69) is 47.6 Å². The lowest BCUT2D eigenvalue weighted by molar-refractivity contribution is -0.220. The van der Waals surface area contributed by atoms with Crippen molar-refractivity contribution >= 4 is 23.8 Å². The largest absolute Gasteiger partial charge is 0.493 e. The normalized spacial score (nSPS) is 43.6. The Labute approximate surface area is 286 Å². The van der Waals surface area contributed by atoms with Gasteiger partial charge in [0.05, 0.1) is 14.2 Å². The van der Waals surface area contributed by atoms with Crippen LogP contribution in [-0.4, -0.2) is 43.2 Å². The van der Waals surface area contributed by atoms with Gasteiger partial charge in [-0.3, -0.25) is 9.59 Å². The number of ether oxygens (including phenoxy) is 3. The summed E-state index contributed by atoms with van der Waals surface area (Å²) in [6.07, 6.45) is 11.4. The third-order valence-corrected chi connectivity index (χ3v) is 15.3. The highest BCUT2D eigenvalue weighted by Crippen LogP contribution is 2.75. The Morgan fingerprint density at radius 2 is 1.60 bits per heavy atom. The van der Waals surface area contributed by atoms with Crippen LogP contribution in [0.25, 0.3) is 6.08 Å². The van der Waals surface area contributed by atoms with Crippen molar-refractivity contribution in [1.29, 1.82) is 0 Å². The number of aliphatic carboxylic acids is 1. The maximum Gasteiger partial charge on any atom is 0.331 e. The molecule has 3 unspecified atom stereocenters. The third-order valence-electron chi connectivity index (χ3n) is 15.3. The molecule has 5 aliphatic rings. The zero-order chi connectivity index (χ0) is 35.0. The molecule has 6 rings (SSSR count). The number of rotatable bonds is 6. The number of hydrogen-bond acceptors (Lipinski definition) is 6. The molecule has 48 heavy (non-hydrogen) atoms. The van der Waals surface area contributed by atoms with E-state index in [1.54, 1.807) is 45.4 Å². The van der Waals surface area contributed by atoms with E-state index in [0.29, 0.717) is 48.5 Å². The van der Waals surface area contributed by atoms with Gasteiger partial charge in [0.1, 0.15) is 11.5 Å². The summed E-state index contributed by atoms with van der Waals surface area (Å²) in [6, 6.07) is 5.33. The summed E-state index contributed by atoms with van der Waals surface area (Å²) < 4.78 is 16.7. The number of carbonyl (C=O) groups is 3. The zero-order valence-corrected chi connectivity index (χ0v) is 30.5. The predicted octanol–water partition coefficient (Wildman–Crippen LogP) is 8.55. The van der Waals surface area contributed by atoms with Crippen molar-refractivity contribution < 1.29 is 33.7 Å². The average Bonchev–Trinajstić information content (AvgIpc) is 3.04. The highest BCUT2D eigenvalue weighted by atomic mass is 16.5. The van der Waals surface area contributed by atoms with Gasteiger partial charge in [-0.15, -0.1) is 0 Å². The summed E-state index contributed by atoms with van der Waals surface area (Å²) in [6.45, 7) is 16.0. The molecule has 11 atom stereocenters. The van der Waals surface area contributed by atoms with E-state index >= 15 is 0 Å². The van der Waals surface area contributed by atoms with Crippen LogP contribution >= 0.6 is 0 Å². The van der Waals surface area contributed by atoms with E-state index < -0.39 is 28.9 Å². The summed E-state index contributed by atoms with van der Waals surface area (Å²) in [4.78, 5) is 41.2. The molecular formula is C41H56O7. The molecule has 0 saturated heterocycles. The first kappa shape index (κ1) is 34.8. The van der Waals surface area contributed by atoms with Crippen LogP contribution in [-0.2, 0) is 19.1 Å². The summed E-state index contributed by atoms with van der Waals surface area (Å²) in [5, 5.41) is 10.9. The van der Waals surface area contributed by atoms with Crippen molar-refractivity contribution in [3.05, 3.63) is 41.5 Å². The highest BCUT2D eigenvalue weighted by Gasteiger charge is 2.72. The summed E-state index contributed by atoms with van der Waals surface area (Å²) >= 11 is 0. The molecule has 7 heteroatoms. The van der Waals surface area contributed by atoms with Crippen molar-refractivity contribution in [2.45, 2.75) is 106 Å². The molecule has 0 heterocycles. The first-order valence-corrected chi connectivity index (χ1v) is 18.1. The summed E-state index contributed by atoms with van der Waals surface area (Å²) in [5.74, 6) is 0.728. The number of allylic oxidation sites excluding steroid dienone is 2. The van der Waals surface area contributed by atoms with Crippen LogP contribution < -0.4 is 9.47 Å². The molecule has 0 spiro atoms. The van der Waals surface area contributed by atoms with E-state index in [0.717, 1.165) is 18.4 Å². The van der Waals surface area contributed by atoms with Crippen molar-refractivity contribution in [2.24, 2.45) is 56.7 Å². The first-order valence-electron chi connectivity index (χ1n) is 18.1. The monoisotopic (exact) mass is 660 g/mol. The number of methoxy groups -OCH3 is 2. The number of carbonyl (C=O) groups excluding carboxylic acids is 2. The van der Waals surface area contributed by atoms with Crippen LogP contribution in [0.2, 0.25) is 0 Å². The van der Waals surface area contributed by atoms with Crippen LogP contribution in [0.4, 0.5) is 0 Å². The van der Waals surface area contributed by atoms with Gasteiger partial charge in [0.15, 0.2) is 17.3 Å². The fourth-order valence-electron chi connectivity index (χ4n) is 12.1. The lowest BCUT2D eigenvalue weighted by Crippen LogP contribution is -2.68. The molecule has 1 aromatic carbocycles. The molecular weight excluding hydrogens is 604 g/mol. The minimum absolute atomic E-state index is 0.118. The van der Waals surface area contributed by atoms with Crippen molar-refractivity contribution in [1.82, 2.24) is 0 Å². The topological polar surface area (TPSA) is 99.1 Å². The molecule has 0 bridgehead atoms. The molecule has 1 N–H and O–H groups in total. The van der Waals surface area contributed by atoms with Gasteiger partial charge >= 0.3 is 11.9 Å². The quantitative estimate of drug-likeness (QED) is 0.241. The Balaban J connectivity index is 1.30. The molecule has 262 valence electrons. The lowest BCUT2D eigenvalue weighted by atomic mass is 9.33. The fourth-order valence-corrected chi connectivity index (χ4v) is 12.1. The second-order valence-electron chi connectivity index (χ2n) is 17.3. The second kappa shape index (κ2) is 11.8. The molecule has 5 aliphatic carbocycles. The van der Waals surface area contributed by atoms with Crippen LogP contribution in [0, 0.1) is 56.7 Å². The molecule has 1 aromatic rings.